The lowest BCUT2D eigenvalue weighted by Crippen LogP contribution is -2.23. The van der Waals surface area contributed by atoms with Crippen molar-refractivity contribution in [3.05, 3.63) is 166 Å². The second kappa shape index (κ2) is 13.2. The van der Waals surface area contributed by atoms with Crippen molar-refractivity contribution in [1.29, 1.82) is 0 Å². The molecule has 0 spiro atoms. The summed E-state index contributed by atoms with van der Waals surface area (Å²) in [6.07, 6.45) is 15.0. The Morgan fingerprint density at radius 3 is 2.21 bits per heavy atom. The maximum absolute atomic E-state index is 4.80. The van der Waals surface area contributed by atoms with Gasteiger partial charge in [-0.3, -0.25) is 0 Å². The van der Waals surface area contributed by atoms with Gasteiger partial charge >= 0.3 is 0 Å². The molecule has 1 atom stereocenters. The largest absolute Gasteiger partial charge is 0.151 e. The third-order valence-corrected chi connectivity index (χ3v) is 7.22. The normalized spacial score (nSPS) is 14.5. The molecular formula is C36H32S2. The molecule has 1 unspecified atom stereocenters. The average molecular weight is 529 g/mol. The number of benzene rings is 4. The highest BCUT2D eigenvalue weighted by Gasteiger charge is 2.27. The molecule has 188 valence electrons. The quantitative estimate of drug-likeness (QED) is 0.166. The molecule has 0 aliphatic rings. The van der Waals surface area contributed by atoms with Gasteiger partial charge in [-0.05, 0) is 62.7 Å². The van der Waals surface area contributed by atoms with E-state index in [-0.39, 0.29) is 0 Å². The molecular weight excluding hydrogens is 497 g/mol. The first-order valence-electron chi connectivity index (χ1n) is 12.6. The Bertz CT molecular complexity index is 1590. The minimum Gasteiger partial charge on any atom is -0.151 e. The number of hydrogen-bond donors (Lipinski definition) is 2. The lowest BCUT2D eigenvalue weighted by Gasteiger charge is -2.29. The van der Waals surface area contributed by atoms with Gasteiger partial charge in [-0.25, -0.2) is 0 Å². The summed E-state index contributed by atoms with van der Waals surface area (Å²) < 4.78 is 0. The third kappa shape index (κ3) is 6.77. The Balaban J connectivity index is 1.90. The summed E-state index contributed by atoms with van der Waals surface area (Å²) in [5, 5.41) is 3.86. The zero-order chi connectivity index (χ0) is 26.8. The Kier molecular flexibility index (Phi) is 9.48. The van der Waals surface area contributed by atoms with Crippen LogP contribution in [0.4, 0.5) is 0 Å². The monoisotopic (exact) mass is 528 g/mol. The van der Waals surface area contributed by atoms with Crippen molar-refractivity contribution in [3.63, 3.8) is 0 Å². The smallest absolute Gasteiger partial charge is 0.0356 e. The van der Waals surface area contributed by atoms with Crippen LogP contribution in [0.2, 0.25) is 0 Å². The fourth-order valence-corrected chi connectivity index (χ4v) is 4.76. The topological polar surface area (TPSA) is 0 Å². The summed E-state index contributed by atoms with van der Waals surface area (Å²) in [5.74, 6) is 0. The molecule has 0 aliphatic carbocycles. The first-order chi connectivity index (χ1) is 18.5. The van der Waals surface area contributed by atoms with E-state index in [0.717, 1.165) is 37.6 Å². The number of allylic oxidation sites excluding steroid dienone is 6. The summed E-state index contributed by atoms with van der Waals surface area (Å²) in [6.45, 7) is 6.43. The van der Waals surface area contributed by atoms with E-state index in [1.807, 2.05) is 36.4 Å². The number of thiol groups is 2. The van der Waals surface area contributed by atoms with Crippen LogP contribution in [0, 0.1) is 0 Å². The van der Waals surface area contributed by atoms with E-state index < -0.39 is 5.41 Å². The lowest BCUT2D eigenvalue weighted by molar-refractivity contribution is 0.723. The number of rotatable bonds is 8. The van der Waals surface area contributed by atoms with Gasteiger partial charge in [0.05, 0.1) is 0 Å². The summed E-state index contributed by atoms with van der Waals surface area (Å²) in [5.41, 5.74) is 5.24. The molecule has 0 fully saturated rings. The van der Waals surface area contributed by atoms with Crippen LogP contribution in [-0.2, 0) is 5.41 Å². The van der Waals surface area contributed by atoms with Crippen molar-refractivity contribution in [2.45, 2.75) is 17.2 Å². The van der Waals surface area contributed by atoms with Crippen LogP contribution < -0.4 is 10.4 Å². The van der Waals surface area contributed by atoms with Gasteiger partial charge in [-0.1, -0.05) is 140 Å². The molecule has 0 N–H and O–H groups in total. The van der Waals surface area contributed by atoms with E-state index >= 15 is 0 Å². The fraction of sp³-hybridized carbons (Fsp3) is 0.0556. The molecule has 0 heterocycles. The highest BCUT2D eigenvalue weighted by atomic mass is 32.1. The van der Waals surface area contributed by atoms with Gasteiger partial charge in [0.15, 0.2) is 0 Å². The van der Waals surface area contributed by atoms with Crippen LogP contribution in [-0.4, -0.2) is 0 Å². The van der Waals surface area contributed by atoms with Crippen LogP contribution in [0.3, 0.4) is 0 Å². The molecule has 2 heteroatoms. The molecule has 4 rings (SSSR count). The van der Waals surface area contributed by atoms with Crippen LogP contribution in [0.5, 0.6) is 0 Å². The third-order valence-electron chi connectivity index (χ3n) is 6.66. The first-order valence-corrected chi connectivity index (χ1v) is 13.5. The highest BCUT2D eigenvalue weighted by Crippen LogP contribution is 2.39. The van der Waals surface area contributed by atoms with E-state index in [0.29, 0.717) is 0 Å². The van der Waals surface area contributed by atoms with Crippen molar-refractivity contribution in [2.75, 3.05) is 0 Å². The van der Waals surface area contributed by atoms with Gasteiger partial charge in [-0.2, -0.15) is 12.6 Å². The van der Waals surface area contributed by atoms with Crippen molar-refractivity contribution in [1.82, 2.24) is 0 Å². The summed E-state index contributed by atoms with van der Waals surface area (Å²) in [7, 11) is 0. The molecule has 0 radical (unpaired) electrons. The average Bonchev–Trinajstić information content (AvgIpc) is 2.95. The standard InChI is InChI=1S/C36H32S2/c1-28-13-9-10-16-30(28)19-11-25-36(2,32(20-12-26-37)22-21-29-14-5-3-6-15-29)33-23-24-35(38)34(27-33)31-17-7-4-8-18-31/h3-27,37-38H,1H2,2H3/b22-21+,25-11+,26-12+,30-19-,32-20+. The number of hydrogen-bond acceptors (Lipinski definition) is 2. The van der Waals surface area contributed by atoms with Crippen LogP contribution in [0.25, 0.3) is 29.9 Å². The van der Waals surface area contributed by atoms with Gasteiger partial charge in [0.2, 0.25) is 0 Å². The predicted octanol–water partition coefficient (Wildman–Crippen LogP) is 8.43. The Morgan fingerprint density at radius 1 is 0.816 bits per heavy atom. The van der Waals surface area contributed by atoms with Gasteiger partial charge in [0, 0.05) is 10.3 Å². The minimum atomic E-state index is -0.448. The molecule has 0 saturated heterocycles. The second-order valence-electron chi connectivity index (χ2n) is 9.23. The first kappa shape index (κ1) is 27.3. The van der Waals surface area contributed by atoms with Crippen molar-refractivity contribution >= 4 is 44.0 Å². The highest BCUT2D eigenvalue weighted by molar-refractivity contribution is 7.83. The molecule has 0 amide bonds. The lowest BCUT2D eigenvalue weighted by atomic mass is 9.74. The van der Waals surface area contributed by atoms with Crippen LogP contribution in [0.15, 0.2) is 149 Å². The van der Waals surface area contributed by atoms with Crippen molar-refractivity contribution in [2.24, 2.45) is 0 Å². The molecule has 0 aliphatic heterocycles. The maximum Gasteiger partial charge on any atom is 0.0356 e. The molecule has 38 heavy (non-hydrogen) atoms. The summed E-state index contributed by atoms with van der Waals surface area (Å²) >= 11 is 9.13. The van der Waals surface area contributed by atoms with Gasteiger partial charge in [0.25, 0.3) is 0 Å². The molecule has 4 aromatic rings. The van der Waals surface area contributed by atoms with Crippen LogP contribution in [0.1, 0.15) is 18.1 Å². The zero-order valence-corrected chi connectivity index (χ0v) is 23.3. The van der Waals surface area contributed by atoms with E-state index in [2.05, 4.69) is 135 Å². The van der Waals surface area contributed by atoms with E-state index in [1.54, 1.807) is 5.41 Å². The van der Waals surface area contributed by atoms with E-state index in [1.165, 1.54) is 5.56 Å². The second-order valence-corrected chi connectivity index (χ2v) is 10.0. The van der Waals surface area contributed by atoms with Gasteiger partial charge < -0.3 is 0 Å². The fourth-order valence-electron chi connectivity index (χ4n) is 4.41. The van der Waals surface area contributed by atoms with E-state index in [4.69, 9.17) is 12.6 Å². The molecule has 0 aromatic heterocycles. The Morgan fingerprint density at radius 2 is 1.50 bits per heavy atom. The predicted molar refractivity (Wildman–Crippen MR) is 173 cm³/mol. The van der Waals surface area contributed by atoms with E-state index in [9.17, 15) is 0 Å². The molecule has 4 aromatic carbocycles. The minimum absolute atomic E-state index is 0.448. The molecule has 0 bridgehead atoms. The SMILES string of the molecule is C=c1cccc/c1=C/C=C/C(C)(C(/C=C/c1ccccc1)=C/C=C/S)c1ccc(S)c(-c2ccccc2)c1. The summed E-state index contributed by atoms with van der Waals surface area (Å²) in [6, 6.07) is 35.4. The Labute approximate surface area is 237 Å². The molecule has 0 saturated carbocycles. The zero-order valence-electron chi connectivity index (χ0n) is 21.5. The molecule has 0 nitrogen and oxygen atoms in total. The van der Waals surface area contributed by atoms with Crippen molar-refractivity contribution < 1.29 is 0 Å². The van der Waals surface area contributed by atoms with Crippen LogP contribution >= 0.6 is 25.3 Å². The van der Waals surface area contributed by atoms with Gasteiger partial charge in [0.1, 0.15) is 0 Å². The summed E-state index contributed by atoms with van der Waals surface area (Å²) in [4.78, 5) is 0.949. The Hall–Kier alpha value is -3.72. The van der Waals surface area contributed by atoms with Crippen molar-refractivity contribution in [3.8, 4) is 11.1 Å². The van der Waals surface area contributed by atoms with Gasteiger partial charge in [-0.15, -0.1) is 12.6 Å². The maximum atomic E-state index is 4.80.